The third kappa shape index (κ3) is 1.01. The molecule has 0 N–H and O–H groups in total. The van der Waals surface area contributed by atoms with Crippen molar-refractivity contribution < 1.29 is 14.3 Å². The molecule has 1 aliphatic carbocycles. The third-order valence-electron chi connectivity index (χ3n) is 2.37. The number of carbonyl (C=O) groups is 1. The minimum atomic E-state index is -0.661. The smallest absolute Gasteiger partial charge is 0.198 e. The number of carbonyl (C=O) groups excluding carboxylic acids is 1. The number of Topliss-reactive ketones (excluding diaryl/α,β-unsaturated/α-hetero) is 1. The van der Waals surface area contributed by atoms with E-state index in [0.717, 1.165) is 12.8 Å². The molecule has 1 heterocycles. The summed E-state index contributed by atoms with van der Waals surface area (Å²) in [5, 5.41) is 0. The quantitative estimate of drug-likeness (QED) is 0.586. The second-order valence-electron chi connectivity index (χ2n) is 3.16. The fourth-order valence-corrected chi connectivity index (χ4v) is 1.86. The molecule has 0 radical (unpaired) electrons. The van der Waals surface area contributed by atoms with Crippen LogP contribution < -0.4 is 0 Å². The van der Waals surface area contributed by atoms with Crippen LogP contribution in [0.2, 0.25) is 0 Å². The topological polar surface area (TPSA) is 35.5 Å². The fraction of sp³-hybridized carbons (Fsp3) is 0.667. The van der Waals surface area contributed by atoms with Crippen LogP contribution in [0.3, 0.4) is 0 Å². The van der Waals surface area contributed by atoms with E-state index in [9.17, 15) is 4.79 Å². The van der Waals surface area contributed by atoms with Gasteiger partial charge < -0.3 is 9.47 Å². The molecule has 66 valence electrons. The van der Waals surface area contributed by atoms with Gasteiger partial charge in [0.25, 0.3) is 0 Å². The number of allylic oxidation sites excluding steroid dienone is 1. The van der Waals surface area contributed by atoms with Crippen molar-refractivity contribution >= 4 is 5.78 Å². The Labute approximate surface area is 71.3 Å². The van der Waals surface area contributed by atoms with Crippen molar-refractivity contribution in [3.63, 3.8) is 0 Å². The van der Waals surface area contributed by atoms with Gasteiger partial charge in [0, 0.05) is 12.0 Å². The zero-order valence-electron chi connectivity index (χ0n) is 7.13. The standard InChI is InChI=1S/C9H12O3/c1-7(10)8-3-2-4-9(8)11-5-6-12-9/h3H,2,4-6H2,1H3. The fourth-order valence-electron chi connectivity index (χ4n) is 1.86. The van der Waals surface area contributed by atoms with E-state index in [1.807, 2.05) is 6.08 Å². The van der Waals surface area contributed by atoms with Gasteiger partial charge in [-0.05, 0) is 13.3 Å². The van der Waals surface area contributed by atoms with Crippen molar-refractivity contribution in [1.29, 1.82) is 0 Å². The summed E-state index contributed by atoms with van der Waals surface area (Å²) in [4.78, 5) is 11.2. The molecule has 1 aliphatic heterocycles. The summed E-state index contributed by atoms with van der Waals surface area (Å²) >= 11 is 0. The molecule has 0 saturated carbocycles. The molecule has 3 heteroatoms. The van der Waals surface area contributed by atoms with Gasteiger partial charge in [-0.2, -0.15) is 0 Å². The number of ether oxygens (including phenoxy) is 2. The van der Waals surface area contributed by atoms with E-state index in [4.69, 9.17) is 9.47 Å². The SMILES string of the molecule is CC(=O)C1=CCCC12OCCO2. The number of rotatable bonds is 1. The van der Waals surface area contributed by atoms with Crippen LogP contribution in [0, 0.1) is 0 Å². The predicted octanol–water partition coefficient (Wildman–Crippen LogP) is 1.04. The molecule has 0 amide bonds. The molecule has 1 fully saturated rings. The van der Waals surface area contributed by atoms with E-state index in [-0.39, 0.29) is 5.78 Å². The lowest BCUT2D eigenvalue weighted by molar-refractivity contribution is -0.138. The molecule has 1 spiro atoms. The highest BCUT2D eigenvalue weighted by Crippen LogP contribution is 2.38. The molecule has 0 atom stereocenters. The molecule has 2 aliphatic rings. The van der Waals surface area contributed by atoms with Crippen LogP contribution in [0.4, 0.5) is 0 Å². The normalized spacial score (nSPS) is 26.2. The Bertz CT molecular complexity index is 236. The first-order chi connectivity index (χ1) is 5.75. The summed E-state index contributed by atoms with van der Waals surface area (Å²) in [5.41, 5.74) is 0.708. The Morgan fingerprint density at radius 2 is 2.17 bits per heavy atom. The van der Waals surface area contributed by atoms with Crippen molar-refractivity contribution in [1.82, 2.24) is 0 Å². The van der Waals surface area contributed by atoms with E-state index < -0.39 is 5.79 Å². The van der Waals surface area contributed by atoms with Gasteiger partial charge in [0.05, 0.1) is 13.2 Å². The average molecular weight is 168 g/mol. The highest BCUT2D eigenvalue weighted by atomic mass is 16.7. The lowest BCUT2D eigenvalue weighted by atomic mass is 10.1. The Morgan fingerprint density at radius 1 is 1.50 bits per heavy atom. The van der Waals surface area contributed by atoms with E-state index >= 15 is 0 Å². The molecule has 12 heavy (non-hydrogen) atoms. The first kappa shape index (κ1) is 7.95. The summed E-state index contributed by atoms with van der Waals surface area (Å²) < 4.78 is 10.9. The molecular formula is C9H12O3. The summed E-state index contributed by atoms with van der Waals surface area (Å²) in [6, 6.07) is 0. The molecule has 1 saturated heterocycles. The van der Waals surface area contributed by atoms with Crippen LogP contribution in [-0.4, -0.2) is 24.8 Å². The molecule has 0 unspecified atom stereocenters. The van der Waals surface area contributed by atoms with Gasteiger partial charge in [0.15, 0.2) is 11.6 Å². The van der Waals surface area contributed by atoms with E-state index in [1.165, 1.54) is 0 Å². The molecule has 0 aromatic rings. The van der Waals surface area contributed by atoms with Crippen LogP contribution in [-0.2, 0) is 14.3 Å². The largest absolute Gasteiger partial charge is 0.343 e. The summed E-state index contributed by atoms with van der Waals surface area (Å²) in [5.74, 6) is -0.597. The van der Waals surface area contributed by atoms with Crippen molar-refractivity contribution in [2.24, 2.45) is 0 Å². The van der Waals surface area contributed by atoms with Gasteiger partial charge in [-0.15, -0.1) is 0 Å². The second kappa shape index (κ2) is 2.68. The zero-order chi connectivity index (χ0) is 8.60. The first-order valence-corrected chi connectivity index (χ1v) is 4.24. The van der Waals surface area contributed by atoms with E-state index in [2.05, 4.69) is 0 Å². The highest BCUT2D eigenvalue weighted by molar-refractivity contribution is 5.95. The maximum atomic E-state index is 11.2. The van der Waals surface area contributed by atoms with Crippen molar-refractivity contribution in [2.75, 3.05) is 13.2 Å². The lowest BCUT2D eigenvalue weighted by Crippen LogP contribution is -2.32. The Hall–Kier alpha value is -0.670. The second-order valence-corrected chi connectivity index (χ2v) is 3.16. The van der Waals surface area contributed by atoms with Crippen LogP contribution in [0.25, 0.3) is 0 Å². The Kier molecular flexibility index (Phi) is 1.77. The monoisotopic (exact) mass is 168 g/mol. The van der Waals surface area contributed by atoms with E-state index in [1.54, 1.807) is 6.92 Å². The lowest BCUT2D eigenvalue weighted by Gasteiger charge is -2.23. The van der Waals surface area contributed by atoms with Gasteiger partial charge >= 0.3 is 0 Å². The number of ketones is 1. The molecular weight excluding hydrogens is 156 g/mol. The zero-order valence-corrected chi connectivity index (χ0v) is 7.13. The minimum absolute atomic E-state index is 0.0643. The Morgan fingerprint density at radius 3 is 2.75 bits per heavy atom. The van der Waals surface area contributed by atoms with Gasteiger partial charge in [0.2, 0.25) is 0 Å². The highest BCUT2D eigenvalue weighted by Gasteiger charge is 2.44. The molecule has 0 bridgehead atoms. The Balaban J connectivity index is 2.26. The van der Waals surface area contributed by atoms with Gasteiger partial charge in [-0.25, -0.2) is 0 Å². The molecule has 3 nitrogen and oxygen atoms in total. The summed E-state index contributed by atoms with van der Waals surface area (Å²) in [6.07, 6.45) is 3.60. The van der Waals surface area contributed by atoms with Crippen LogP contribution in [0.1, 0.15) is 19.8 Å². The third-order valence-corrected chi connectivity index (χ3v) is 2.37. The molecule has 0 aromatic carbocycles. The number of hydrogen-bond donors (Lipinski definition) is 0. The summed E-state index contributed by atoms with van der Waals surface area (Å²) in [7, 11) is 0. The van der Waals surface area contributed by atoms with Gasteiger partial charge in [0.1, 0.15) is 0 Å². The maximum absolute atomic E-state index is 11.2. The van der Waals surface area contributed by atoms with Gasteiger partial charge in [-0.3, -0.25) is 4.79 Å². The van der Waals surface area contributed by atoms with Crippen LogP contribution in [0.15, 0.2) is 11.6 Å². The van der Waals surface area contributed by atoms with Crippen molar-refractivity contribution in [3.05, 3.63) is 11.6 Å². The maximum Gasteiger partial charge on any atom is 0.198 e. The number of hydrogen-bond acceptors (Lipinski definition) is 3. The summed E-state index contributed by atoms with van der Waals surface area (Å²) in [6.45, 7) is 2.76. The van der Waals surface area contributed by atoms with Crippen molar-refractivity contribution in [2.45, 2.75) is 25.6 Å². The average Bonchev–Trinajstić information content (AvgIpc) is 2.61. The van der Waals surface area contributed by atoms with Gasteiger partial charge in [-0.1, -0.05) is 6.08 Å². The van der Waals surface area contributed by atoms with Crippen molar-refractivity contribution in [3.8, 4) is 0 Å². The first-order valence-electron chi connectivity index (χ1n) is 4.24. The molecule has 0 aromatic heterocycles. The van der Waals surface area contributed by atoms with Crippen LogP contribution >= 0.6 is 0 Å². The van der Waals surface area contributed by atoms with Crippen LogP contribution in [0.5, 0.6) is 0 Å². The minimum Gasteiger partial charge on any atom is -0.343 e. The predicted molar refractivity (Wildman–Crippen MR) is 42.6 cm³/mol. The van der Waals surface area contributed by atoms with E-state index in [0.29, 0.717) is 18.8 Å². The molecule has 2 rings (SSSR count).